The molecule has 1 atom stereocenters. The van der Waals surface area contributed by atoms with Crippen molar-refractivity contribution >= 4 is 16.8 Å². The highest BCUT2D eigenvalue weighted by atomic mass is 16.5. The van der Waals surface area contributed by atoms with E-state index >= 15 is 0 Å². The topological polar surface area (TPSA) is 57.4 Å². The van der Waals surface area contributed by atoms with Crippen LogP contribution < -0.4 is 10.1 Å². The summed E-state index contributed by atoms with van der Waals surface area (Å²) in [5.74, 6) is 0.897. The third-order valence-corrected chi connectivity index (χ3v) is 5.36. The van der Waals surface area contributed by atoms with E-state index in [1.807, 2.05) is 26.0 Å². The number of benzene rings is 2. The van der Waals surface area contributed by atoms with Gasteiger partial charge in [0.1, 0.15) is 5.75 Å². The number of fused-ring (bicyclic) bond motifs is 3. The number of H-pyrrole nitrogens is 1. The largest absolute Gasteiger partial charge is 0.497 e. The van der Waals surface area contributed by atoms with Crippen LogP contribution in [0.15, 0.2) is 48.5 Å². The van der Waals surface area contributed by atoms with Crippen LogP contribution in [0.4, 0.5) is 0 Å². The lowest BCUT2D eigenvalue weighted by Gasteiger charge is -2.36. The minimum atomic E-state index is 0.0139. The van der Waals surface area contributed by atoms with Gasteiger partial charge in [0, 0.05) is 29.2 Å². The molecule has 3 aromatic rings. The molecule has 0 spiro atoms. The van der Waals surface area contributed by atoms with Gasteiger partial charge in [-0.3, -0.25) is 9.69 Å². The Kier molecular flexibility index (Phi) is 5.09. The van der Waals surface area contributed by atoms with Crippen molar-refractivity contribution in [3.05, 3.63) is 65.4 Å². The summed E-state index contributed by atoms with van der Waals surface area (Å²) in [6.45, 7) is 5.20. The maximum absolute atomic E-state index is 12.5. The first kappa shape index (κ1) is 18.6. The predicted octanol–water partition coefficient (Wildman–Crippen LogP) is 3.65. The summed E-state index contributed by atoms with van der Waals surface area (Å²) in [5, 5.41) is 4.30. The van der Waals surface area contributed by atoms with Gasteiger partial charge in [-0.05, 0) is 49.6 Å². The number of amides is 1. The number of aromatic nitrogens is 1. The van der Waals surface area contributed by atoms with Gasteiger partial charge in [-0.2, -0.15) is 0 Å². The molecular weight excluding hydrogens is 350 g/mol. The summed E-state index contributed by atoms with van der Waals surface area (Å²) in [6, 6.07) is 16.7. The Morgan fingerprint density at radius 3 is 2.68 bits per heavy atom. The second-order valence-corrected chi connectivity index (χ2v) is 7.68. The van der Waals surface area contributed by atoms with Gasteiger partial charge in [0.2, 0.25) is 5.91 Å². The molecule has 1 aliphatic heterocycles. The first-order valence-corrected chi connectivity index (χ1v) is 9.83. The molecule has 4 rings (SSSR count). The normalized spacial score (nSPS) is 16.9. The van der Waals surface area contributed by atoms with Gasteiger partial charge in [-0.25, -0.2) is 0 Å². The van der Waals surface area contributed by atoms with Crippen molar-refractivity contribution in [2.75, 3.05) is 20.2 Å². The molecule has 28 heavy (non-hydrogen) atoms. The number of nitrogens with one attached hydrogen (secondary N) is 2. The molecule has 0 bridgehead atoms. The van der Waals surface area contributed by atoms with Crippen molar-refractivity contribution in [3.8, 4) is 5.75 Å². The van der Waals surface area contributed by atoms with Crippen LogP contribution in [0.25, 0.3) is 10.9 Å². The lowest BCUT2D eigenvalue weighted by atomic mass is 9.92. The van der Waals surface area contributed by atoms with Crippen molar-refractivity contribution in [2.45, 2.75) is 32.4 Å². The van der Waals surface area contributed by atoms with E-state index < -0.39 is 0 Å². The number of carbonyl (C=O) groups is 1. The monoisotopic (exact) mass is 377 g/mol. The van der Waals surface area contributed by atoms with Crippen molar-refractivity contribution in [2.24, 2.45) is 0 Å². The second kappa shape index (κ2) is 7.68. The zero-order chi connectivity index (χ0) is 19.7. The molecule has 2 N–H and O–H groups in total. The standard InChI is InChI=1S/C23H27N3O2/c1-15(2)24-21(27)14-26-13-12-19-18-6-4-5-7-20(18)25-22(19)23(26)16-8-10-17(28-3)11-9-16/h4-11,15,23,25H,12-14H2,1-3H3,(H,24,27)/t23-/m1/s1. The van der Waals surface area contributed by atoms with Gasteiger partial charge < -0.3 is 15.0 Å². The average Bonchev–Trinajstić information content (AvgIpc) is 3.06. The van der Waals surface area contributed by atoms with Crippen LogP contribution in [-0.2, 0) is 11.2 Å². The Labute approximate surface area is 165 Å². The first-order chi connectivity index (χ1) is 13.6. The van der Waals surface area contributed by atoms with Gasteiger partial charge in [0.25, 0.3) is 0 Å². The van der Waals surface area contributed by atoms with Gasteiger partial charge in [0.05, 0.1) is 19.7 Å². The van der Waals surface area contributed by atoms with E-state index in [-0.39, 0.29) is 18.0 Å². The Bertz CT molecular complexity index is 975. The lowest BCUT2D eigenvalue weighted by molar-refractivity contribution is -0.123. The van der Waals surface area contributed by atoms with Crippen LogP contribution in [-0.4, -0.2) is 42.0 Å². The Balaban J connectivity index is 1.75. The van der Waals surface area contributed by atoms with Gasteiger partial charge in [-0.15, -0.1) is 0 Å². The highest BCUT2D eigenvalue weighted by Gasteiger charge is 2.32. The number of ether oxygens (including phenoxy) is 1. The molecule has 146 valence electrons. The molecule has 0 fully saturated rings. The van der Waals surface area contributed by atoms with E-state index in [9.17, 15) is 4.79 Å². The molecular formula is C23H27N3O2. The third-order valence-electron chi connectivity index (χ3n) is 5.36. The molecule has 2 heterocycles. The van der Waals surface area contributed by atoms with E-state index in [1.54, 1.807) is 7.11 Å². The Hall–Kier alpha value is -2.79. The van der Waals surface area contributed by atoms with Crippen LogP contribution in [0.2, 0.25) is 0 Å². The van der Waals surface area contributed by atoms with Crippen molar-refractivity contribution < 1.29 is 9.53 Å². The Morgan fingerprint density at radius 1 is 1.21 bits per heavy atom. The minimum absolute atomic E-state index is 0.0139. The smallest absolute Gasteiger partial charge is 0.234 e. The molecule has 1 aromatic heterocycles. The molecule has 2 aromatic carbocycles. The molecule has 0 unspecified atom stereocenters. The quantitative estimate of drug-likeness (QED) is 0.714. The molecule has 0 aliphatic carbocycles. The van der Waals surface area contributed by atoms with Crippen molar-refractivity contribution in [1.29, 1.82) is 0 Å². The SMILES string of the molecule is COc1ccc([C@@H]2c3[nH]c4ccccc4c3CCN2CC(=O)NC(C)C)cc1. The average molecular weight is 377 g/mol. The van der Waals surface area contributed by atoms with E-state index in [2.05, 4.69) is 51.6 Å². The summed E-state index contributed by atoms with van der Waals surface area (Å²) in [4.78, 5) is 18.4. The van der Waals surface area contributed by atoms with E-state index in [4.69, 9.17) is 4.74 Å². The first-order valence-electron chi connectivity index (χ1n) is 9.83. The van der Waals surface area contributed by atoms with Gasteiger partial charge in [0.15, 0.2) is 0 Å². The number of nitrogens with zero attached hydrogens (tertiary/aromatic N) is 1. The summed E-state index contributed by atoms with van der Waals surface area (Å²) >= 11 is 0. The number of aromatic amines is 1. The van der Waals surface area contributed by atoms with Crippen LogP contribution in [0.1, 0.15) is 36.7 Å². The fourth-order valence-corrected chi connectivity index (χ4v) is 4.18. The molecule has 0 saturated carbocycles. The second-order valence-electron chi connectivity index (χ2n) is 7.68. The zero-order valence-electron chi connectivity index (χ0n) is 16.7. The van der Waals surface area contributed by atoms with Crippen LogP contribution in [0, 0.1) is 0 Å². The molecule has 1 aliphatic rings. The highest BCUT2D eigenvalue weighted by Crippen LogP contribution is 2.38. The number of methoxy groups -OCH3 is 1. The highest BCUT2D eigenvalue weighted by molar-refractivity contribution is 5.85. The van der Waals surface area contributed by atoms with E-state index in [1.165, 1.54) is 16.6 Å². The Morgan fingerprint density at radius 2 is 1.96 bits per heavy atom. The molecule has 5 heteroatoms. The maximum atomic E-state index is 12.5. The number of hydrogen-bond acceptors (Lipinski definition) is 3. The number of rotatable bonds is 5. The summed E-state index contributed by atoms with van der Waals surface area (Å²) in [5.41, 5.74) is 4.86. The number of carbonyl (C=O) groups excluding carboxylic acids is 1. The lowest BCUT2D eigenvalue weighted by Crippen LogP contribution is -2.44. The molecule has 1 amide bonds. The maximum Gasteiger partial charge on any atom is 0.234 e. The minimum Gasteiger partial charge on any atom is -0.497 e. The van der Waals surface area contributed by atoms with Gasteiger partial charge >= 0.3 is 0 Å². The molecule has 5 nitrogen and oxygen atoms in total. The van der Waals surface area contributed by atoms with Crippen LogP contribution in [0.5, 0.6) is 5.75 Å². The molecule has 0 saturated heterocycles. The van der Waals surface area contributed by atoms with Gasteiger partial charge in [-0.1, -0.05) is 30.3 Å². The van der Waals surface area contributed by atoms with Crippen molar-refractivity contribution in [1.82, 2.24) is 15.2 Å². The van der Waals surface area contributed by atoms with E-state index in [0.29, 0.717) is 6.54 Å². The van der Waals surface area contributed by atoms with E-state index in [0.717, 1.165) is 29.8 Å². The third kappa shape index (κ3) is 3.50. The fourth-order valence-electron chi connectivity index (χ4n) is 4.18. The summed E-state index contributed by atoms with van der Waals surface area (Å²) in [7, 11) is 1.67. The number of hydrogen-bond donors (Lipinski definition) is 2. The molecule has 0 radical (unpaired) electrons. The van der Waals surface area contributed by atoms with Crippen LogP contribution in [0.3, 0.4) is 0 Å². The van der Waals surface area contributed by atoms with Crippen molar-refractivity contribution in [3.63, 3.8) is 0 Å². The summed E-state index contributed by atoms with van der Waals surface area (Å²) in [6.07, 6.45) is 0.932. The fraction of sp³-hybridized carbons (Fsp3) is 0.348. The predicted molar refractivity (Wildman–Crippen MR) is 112 cm³/mol. The van der Waals surface area contributed by atoms with Crippen LogP contribution >= 0.6 is 0 Å². The summed E-state index contributed by atoms with van der Waals surface area (Å²) < 4.78 is 5.32. The zero-order valence-corrected chi connectivity index (χ0v) is 16.7. The number of para-hydroxylation sites is 1.